The van der Waals surface area contributed by atoms with Crippen molar-refractivity contribution in [2.24, 2.45) is 0 Å². The molecule has 0 heterocycles. The predicted octanol–water partition coefficient (Wildman–Crippen LogP) is 2.63. The highest BCUT2D eigenvalue weighted by atomic mass is 35.5. The number of para-hydroxylation sites is 1. The topological polar surface area (TPSA) is 26.3 Å². The first kappa shape index (κ1) is 9.81. The summed E-state index contributed by atoms with van der Waals surface area (Å²) in [6, 6.07) is 6.88. The lowest BCUT2D eigenvalue weighted by molar-refractivity contribution is 0.111. The number of benzene rings is 1. The van der Waals surface area contributed by atoms with Gasteiger partial charge in [-0.05, 0) is 18.2 Å². The number of carbonyl (C=O) groups excluding carboxylic acids is 1. The summed E-state index contributed by atoms with van der Waals surface area (Å²) in [4.78, 5) is 10.5. The van der Waals surface area contributed by atoms with Gasteiger partial charge in [0.25, 0.3) is 0 Å². The van der Waals surface area contributed by atoms with Crippen LogP contribution in [0.1, 0.15) is 10.4 Å². The smallest absolute Gasteiger partial charge is 0.190 e. The van der Waals surface area contributed by atoms with Gasteiger partial charge in [0.05, 0.1) is 5.56 Å². The molecule has 1 rings (SSSR count). The van der Waals surface area contributed by atoms with Crippen molar-refractivity contribution in [2.75, 3.05) is 0 Å². The monoisotopic (exact) mass is 196 g/mol. The fraction of sp³-hybridized carbons (Fsp3) is 0.100. The molecule has 0 amide bonds. The van der Waals surface area contributed by atoms with Crippen LogP contribution in [0.15, 0.2) is 36.9 Å². The Kier molecular flexibility index (Phi) is 3.53. The van der Waals surface area contributed by atoms with E-state index in [1.165, 1.54) is 6.08 Å². The van der Waals surface area contributed by atoms with Gasteiger partial charge in [-0.1, -0.05) is 30.3 Å². The minimum atomic E-state index is -0.610. The van der Waals surface area contributed by atoms with Crippen molar-refractivity contribution in [3.8, 4) is 5.75 Å². The average molecular weight is 197 g/mol. The lowest BCUT2D eigenvalue weighted by Crippen LogP contribution is -2.05. The van der Waals surface area contributed by atoms with E-state index in [4.69, 9.17) is 16.3 Å². The lowest BCUT2D eigenvalue weighted by atomic mass is 10.2. The Hall–Kier alpha value is -1.28. The van der Waals surface area contributed by atoms with Crippen molar-refractivity contribution < 1.29 is 9.53 Å². The van der Waals surface area contributed by atoms with Gasteiger partial charge in [0.15, 0.2) is 11.8 Å². The maximum Gasteiger partial charge on any atom is 0.190 e. The van der Waals surface area contributed by atoms with Gasteiger partial charge in [0, 0.05) is 0 Å². The normalized spacial score (nSPS) is 11.8. The summed E-state index contributed by atoms with van der Waals surface area (Å²) in [7, 11) is 0. The summed E-state index contributed by atoms with van der Waals surface area (Å²) in [5.41, 5.74) is -0.129. The largest absolute Gasteiger partial charge is 0.470 e. The SMILES string of the molecule is C=CC(Cl)Oc1ccccc1C=O. The fourth-order valence-corrected chi connectivity index (χ4v) is 0.951. The Labute approximate surface area is 81.8 Å². The van der Waals surface area contributed by atoms with Crippen LogP contribution in [-0.4, -0.2) is 11.8 Å². The van der Waals surface area contributed by atoms with E-state index in [1.54, 1.807) is 24.3 Å². The zero-order chi connectivity index (χ0) is 9.68. The van der Waals surface area contributed by atoms with Crippen LogP contribution in [0.25, 0.3) is 0 Å². The molecule has 1 atom stereocenters. The summed E-state index contributed by atoms with van der Waals surface area (Å²) in [5, 5.41) is 0. The molecule has 68 valence electrons. The van der Waals surface area contributed by atoms with Crippen LogP contribution in [0.3, 0.4) is 0 Å². The van der Waals surface area contributed by atoms with Gasteiger partial charge in [-0.3, -0.25) is 4.79 Å². The Balaban J connectivity index is 2.86. The van der Waals surface area contributed by atoms with E-state index in [2.05, 4.69) is 6.58 Å². The van der Waals surface area contributed by atoms with Crippen LogP contribution in [0.4, 0.5) is 0 Å². The van der Waals surface area contributed by atoms with E-state index >= 15 is 0 Å². The first-order valence-corrected chi connectivity index (χ1v) is 4.19. The first-order chi connectivity index (χ1) is 6.27. The number of halogens is 1. The van der Waals surface area contributed by atoms with Gasteiger partial charge in [-0.2, -0.15) is 0 Å². The zero-order valence-corrected chi connectivity index (χ0v) is 7.70. The van der Waals surface area contributed by atoms with Gasteiger partial charge in [0.1, 0.15) is 5.75 Å². The molecule has 0 bridgehead atoms. The Morgan fingerprint density at radius 3 is 2.77 bits per heavy atom. The highest BCUT2D eigenvalue weighted by Gasteiger charge is 2.04. The number of hydrogen-bond donors (Lipinski definition) is 0. The van der Waals surface area contributed by atoms with Crippen LogP contribution in [-0.2, 0) is 0 Å². The molecule has 0 N–H and O–H groups in total. The van der Waals surface area contributed by atoms with Crippen molar-refractivity contribution in [2.45, 2.75) is 5.56 Å². The summed E-state index contributed by atoms with van der Waals surface area (Å²) in [6.07, 6.45) is 2.17. The van der Waals surface area contributed by atoms with Gasteiger partial charge < -0.3 is 4.74 Å². The number of hydrogen-bond acceptors (Lipinski definition) is 2. The number of carbonyl (C=O) groups is 1. The zero-order valence-electron chi connectivity index (χ0n) is 6.94. The molecule has 0 aliphatic rings. The van der Waals surface area contributed by atoms with Crippen LogP contribution in [0.5, 0.6) is 5.75 Å². The summed E-state index contributed by atoms with van der Waals surface area (Å²) >= 11 is 5.67. The number of aldehydes is 1. The molecule has 0 aliphatic carbocycles. The molecule has 0 saturated heterocycles. The molecule has 1 unspecified atom stereocenters. The van der Waals surface area contributed by atoms with E-state index in [0.29, 0.717) is 11.3 Å². The minimum absolute atomic E-state index is 0.470. The van der Waals surface area contributed by atoms with E-state index in [1.807, 2.05) is 0 Å². The maximum atomic E-state index is 10.5. The van der Waals surface area contributed by atoms with E-state index in [9.17, 15) is 4.79 Å². The lowest BCUT2D eigenvalue weighted by Gasteiger charge is -2.09. The minimum Gasteiger partial charge on any atom is -0.470 e. The van der Waals surface area contributed by atoms with Crippen LogP contribution in [0, 0.1) is 0 Å². The van der Waals surface area contributed by atoms with Crippen molar-refractivity contribution in [1.29, 1.82) is 0 Å². The first-order valence-electron chi connectivity index (χ1n) is 3.75. The molecule has 3 heteroatoms. The maximum absolute atomic E-state index is 10.5. The number of alkyl halides is 1. The molecule has 0 saturated carbocycles. The quantitative estimate of drug-likeness (QED) is 0.421. The third kappa shape index (κ3) is 2.60. The van der Waals surface area contributed by atoms with E-state index in [-0.39, 0.29) is 0 Å². The van der Waals surface area contributed by atoms with Gasteiger partial charge in [-0.25, -0.2) is 0 Å². The van der Waals surface area contributed by atoms with Crippen LogP contribution in [0.2, 0.25) is 0 Å². The van der Waals surface area contributed by atoms with Gasteiger partial charge >= 0.3 is 0 Å². The molecular formula is C10H9ClO2. The summed E-state index contributed by atoms with van der Waals surface area (Å²) in [5.74, 6) is 0.470. The standard InChI is InChI=1S/C10H9ClO2/c1-2-10(11)13-9-6-4-3-5-8(9)7-12/h2-7,10H,1H2. The summed E-state index contributed by atoms with van der Waals surface area (Å²) < 4.78 is 5.20. The van der Waals surface area contributed by atoms with Crippen molar-refractivity contribution in [3.05, 3.63) is 42.5 Å². The predicted molar refractivity (Wildman–Crippen MR) is 52.3 cm³/mol. The second-order valence-corrected chi connectivity index (χ2v) is 2.79. The Bertz CT molecular complexity index is 310. The number of ether oxygens (including phenoxy) is 1. The molecule has 0 aliphatic heterocycles. The molecule has 13 heavy (non-hydrogen) atoms. The Morgan fingerprint density at radius 2 is 2.15 bits per heavy atom. The van der Waals surface area contributed by atoms with Crippen molar-refractivity contribution >= 4 is 17.9 Å². The second-order valence-electron chi connectivity index (χ2n) is 2.36. The highest BCUT2D eigenvalue weighted by molar-refractivity contribution is 6.21. The van der Waals surface area contributed by atoms with Crippen molar-refractivity contribution in [3.63, 3.8) is 0 Å². The average Bonchev–Trinajstić information content (AvgIpc) is 2.18. The molecule has 0 spiro atoms. The third-order valence-electron chi connectivity index (χ3n) is 1.47. The third-order valence-corrected chi connectivity index (χ3v) is 1.74. The van der Waals surface area contributed by atoms with Gasteiger partial charge in [-0.15, -0.1) is 0 Å². The summed E-state index contributed by atoms with van der Waals surface area (Å²) in [6.45, 7) is 3.47. The second kappa shape index (κ2) is 4.67. The highest BCUT2D eigenvalue weighted by Crippen LogP contribution is 2.18. The fourth-order valence-electron chi connectivity index (χ4n) is 0.855. The van der Waals surface area contributed by atoms with Crippen LogP contribution >= 0.6 is 11.6 Å². The molecular weight excluding hydrogens is 188 g/mol. The van der Waals surface area contributed by atoms with Crippen molar-refractivity contribution in [1.82, 2.24) is 0 Å². The molecule has 1 aromatic rings. The molecule has 0 radical (unpaired) electrons. The van der Waals surface area contributed by atoms with E-state index < -0.39 is 5.56 Å². The van der Waals surface area contributed by atoms with Gasteiger partial charge in [0.2, 0.25) is 0 Å². The van der Waals surface area contributed by atoms with Crippen LogP contribution < -0.4 is 4.74 Å². The molecule has 2 nitrogen and oxygen atoms in total. The van der Waals surface area contributed by atoms with E-state index in [0.717, 1.165) is 6.29 Å². The molecule has 1 aromatic carbocycles. The molecule has 0 fully saturated rings. The number of rotatable bonds is 4. The Morgan fingerprint density at radius 1 is 1.46 bits per heavy atom. The molecule has 0 aromatic heterocycles.